The van der Waals surface area contributed by atoms with Crippen molar-refractivity contribution >= 4 is 5.69 Å². The maximum absolute atomic E-state index is 13.0. The van der Waals surface area contributed by atoms with Gasteiger partial charge in [-0.05, 0) is 38.0 Å². The Balaban J connectivity index is 2.47. The number of aliphatic hydroxyl groups excluding tert-OH is 1. The Morgan fingerprint density at radius 1 is 1.21 bits per heavy atom. The first-order chi connectivity index (χ1) is 11.0. The third kappa shape index (κ3) is 3.43. The third-order valence-electron chi connectivity index (χ3n) is 4.14. The number of hydrogen-bond acceptors (Lipinski definition) is 3. The van der Waals surface area contributed by atoms with E-state index in [1.54, 1.807) is 6.92 Å². The van der Waals surface area contributed by atoms with Crippen LogP contribution in [0.15, 0.2) is 18.2 Å². The van der Waals surface area contributed by atoms with Gasteiger partial charge >= 0.3 is 12.4 Å². The molecule has 1 fully saturated rings. The van der Waals surface area contributed by atoms with Gasteiger partial charge in [0.05, 0.1) is 23.2 Å². The van der Waals surface area contributed by atoms with Gasteiger partial charge in [0, 0.05) is 11.7 Å². The molecule has 2 rings (SSSR count). The molecule has 0 radical (unpaired) electrons. The van der Waals surface area contributed by atoms with E-state index in [0.29, 0.717) is 12.5 Å². The number of anilines is 1. The molecule has 3 unspecified atom stereocenters. The zero-order valence-electron chi connectivity index (χ0n) is 12.5. The standard InChI is InChI=1S/C15H14F6N2O/c1-8-2-5-12(13(24)15(19,20)21)23(8)10-4-3-9(7-22)11(6-10)14(16,17)18/h3-4,6,8,12-13,24H,2,5H2,1H3. The topological polar surface area (TPSA) is 47.3 Å². The number of aliphatic hydroxyl groups is 1. The second-order valence-corrected chi connectivity index (χ2v) is 5.73. The fraction of sp³-hybridized carbons (Fsp3) is 0.533. The molecule has 1 aliphatic heterocycles. The molecule has 0 aliphatic carbocycles. The van der Waals surface area contributed by atoms with Crippen molar-refractivity contribution in [3.8, 4) is 6.07 Å². The first-order valence-electron chi connectivity index (χ1n) is 7.11. The van der Waals surface area contributed by atoms with Crippen LogP contribution in [0.3, 0.4) is 0 Å². The molecule has 132 valence electrons. The van der Waals surface area contributed by atoms with Gasteiger partial charge < -0.3 is 10.0 Å². The fourth-order valence-electron chi connectivity index (χ4n) is 3.02. The molecule has 0 aromatic heterocycles. The molecule has 0 spiro atoms. The van der Waals surface area contributed by atoms with E-state index >= 15 is 0 Å². The zero-order chi connectivity index (χ0) is 18.3. The van der Waals surface area contributed by atoms with E-state index in [1.165, 1.54) is 12.1 Å². The Kier molecular flexibility index (Phi) is 4.72. The summed E-state index contributed by atoms with van der Waals surface area (Å²) in [5.41, 5.74) is -1.91. The predicted octanol–water partition coefficient (Wildman–Crippen LogP) is 3.86. The van der Waals surface area contributed by atoms with Gasteiger partial charge in [0.25, 0.3) is 0 Å². The van der Waals surface area contributed by atoms with Gasteiger partial charge in [0.1, 0.15) is 0 Å². The van der Waals surface area contributed by atoms with Crippen molar-refractivity contribution in [3.05, 3.63) is 29.3 Å². The van der Waals surface area contributed by atoms with Gasteiger partial charge in [0.15, 0.2) is 6.10 Å². The predicted molar refractivity (Wildman–Crippen MR) is 73.2 cm³/mol. The van der Waals surface area contributed by atoms with E-state index in [0.717, 1.165) is 11.0 Å². The molecule has 1 heterocycles. The summed E-state index contributed by atoms with van der Waals surface area (Å²) in [6.45, 7) is 1.58. The summed E-state index contributed by atoms with van der Waals surface area (Å²) in [4.78, 5) is 1.15. The first-order valence-corrected chi connectivity index (χ1v) is 7.11. The quantitative estimate of drug-likeness (QED) is 0.823. The minimum absolute atomic E-state index is 0.00317. The van der Waals surface area contributed by atoms with Crippen LogP contribution in [0.2, 0.25) is 0 Å². The van der Waals surface area contributed by atoms with Crippen LogP contribution in [0.1, 0.15) is 30.9 Å². The molecule has 9 heteroatoms. The van der Waals surface area contributed by atoms with Crippen molar-refractivity contribution in [2.45, 2.75) is 50.3 Å². The van der Waals surface area contributed by atoms with Crippen LogP contribution in [0.25, 0.3) is 0 Å². The average Bonchev–Trinajstić information content (AvgIpc) is 2.85. The first kappa shape index (κ1) is 18.4. The minimum atomic E-state index is -4.87. The Labute approximate surface area is 134 Å². The molecule has 0 amide bonds. The lowest BCUT2D eigenvalue weighted by atomic mass is 10.0. The minimum Gasteiger partial charge on any atom is -0.382 e. The Bertz CT molecular complexity index is 649. The number of halogens is 6. The van der Waals surface area contributed by atoms with Gasteiger partial charge in [-0.1, -0.05) is 0 Å². The molecule has 3 nitrogen and oxygen atoms in total. The van der Waals surface area contributed by atoms with E-state index in [-0.39, 0.29) is 12.1 Å². The number of nitriles is 1. The van der Waals surface area contributed by atoms with E-state index in [1.807, 2.05) is 0 Å². The molecule has 0 bridgehead atoms. The Hall–Kier alpha value is -1.95. The molecule has 24 heavy (non-hydrogen) atoms. The summed E-state index contributed by atoms with van der Waals surface area (Å²) in [5.74, 6) is 0. The van der Waals surface area contributed by atoms with E-state index in [4.69, 9.17) is 5.26 Å². The molecule has 1 aromatic rings. The summed E-state index contributed by atoms with van der Waals surface area (Å²) >= 11 is 0. The van der Waals surface area contributed by atoms with Crippen molar-refractivity contribution in [1.82, 2.24) is 0 Å². The second-order valence-electron chi connectivity index (χ2n) is 5.73. The van der Waals surface area contributed by atoms with Crippen LogP contribution >= 0.6 is 0 Å². The smallest absolute Gasteiger partial charge is 0.382 e. The molecular weight excluding hydrogens is 338 g/mol. The lowest BCUT2D eigenvalue weighted by Crippen LogP contribution is -2.48. The number of hydrogen-bond donors (Lipinski definition) is 1. The molecule has 1 N–H and O–H groups in total. The van der Waals surface area contributed by atoms with Gasteiger partial charge in [0.2, 0.25) is 0 Å². The van der Waals surface area contributed by atoms with Gasteiger partial charge in [-0.2, -0.15) is 31.6 Å². The van der Waals surface area contributed by atoms with E-state index in [9.17, 15) is 31.4 Å². The van der Waals surface area contributed by atoms with Gasteiger partial charge in [-0.15, -0.1) is 0 Å². The monoisotopic (exact) mass is 352 g/mol. The maximum atomic E-state index is 13.0. The van der Waals surface area contributed by atoms with Gasteiger partial charge in [-0.3, -0.25) is 0 Å². The molecule has 3 atom stereocenters. The molecule has 0 saturated carbocycles. The van der Waals surface area contributed by atoms with Crippen LogP contribution in [-0.4, -0.2) is 29.5 Å². The average molecular weight is 352 g/mol. The van der Waals surface area contributed by atoms with Crippen molar-refractivity contribution in [1.29, 1.82) is 5.26 Å². The summed E-state index contributed by atoms with van der Waals surface area (Å²) in [7, 11) is 0. The SMILES string of the molecule is CC1CCC(C(O)C(F)(F)F)N1c1ccc(C#N)c(C(F)(F)F)c1. The molecule has 1 saturated heterocycles. The third-order valence-corrected chi connectivity index (χ3v) is 4.14. The number of benzene rings is 1. The largest absolute Gasteiger partial charge is 0.417 e. The van der Waals surface area contributed by atoms with Crippen molar-refractivity contribution in [2.24, 2.45) is 0 Å². The Morgan fingerprint density at radius 3 is 2.33 bits per heavy atom. The highest BCUT2D eigenvalue weighted by molar-refractivity contribution is 5.57. The summed E-state index contributed by atoms with van der Waals surface area (Å²) in [6, 6.07) is 2.35. The summed E-state index contributed by atoms with van der Waals surface area (Å²) in [5, 5.41) is 18.3. The van der Waals surface area contributed by atoms with Gasteiger partial charge in [-0.25, -0.2) is 0 Å². The van der Waals surface area contributed by atoms with Crippen molar-refractivity contribution < 1.29 is 31.4 Å². The van der Waals surface area contributed by atoms with Crippen LogP contribution in [0.4, 0.5) is 32.0 Å². The van der Waals surface area contributed by atoms with Crippen LogP contribution in [0.5, 0.6) is 0 Å². The van der Waals surface area contributed by atoms with Crippen molar-refractivity contribution in [2.75, 3.05) is 4.90 Å². The highest BCUT2D eigenvalue weighted by Crippen LogP contribution is 2.40. The lowest BCUT2D eigenvalue weighted by Gasteiger charge is -2.34. The number of alkyl halides is 6. The molecule has 1 aliphatic rings. The number of rotatable bonds is 2. The fourth-order valence-corrected chi connectivity index (χ4v) is 3.02. The zero-order valence-corrected chi connectivity index (χ0v) is 12.5. The summed E-state index contributed by atoms with van der Waals surface area (Å²) < 4.78 is 77.6. The van der Waals surface area contributed by atoms with Crippen LogP contribution in [-0.2, 0) is 6.18 Å². The second kappa shape index (κ2) is 6.16. The molecule has 1 aromatic carbocycles. The van der Waals surface area contributed by atoms with Crippen LogP contribution in [0, 0.1) is 11.3 Å². The normalized spacial score (nSPS) is 23.2. The van der Waals surface area contributed by atoms with E-state index < -0.39 is 41.7 Å². The Morgan fingerprint density at radius 2 is 1.83 bits per heavy atom. The molecular formula is C15H14F6N2O. The lowest BCUT2D eigenvalue weighted by molar-refractivity contribution is -0.209. The highest BCUT2D eigenvalue weighted by Gasteiger charge is 2.49. The van der Waals surface area contributed by atoms with Crippen LogP contribution < -0.4 is 4.90 Å². The number of nitrogens with zero attached hydrogens (tertiary/aromatic N) is 2. The van der Waals surface area contributed by atoms with E-state index in [2.05, 4.69) is 0 Å². The maximum Gasteiger partial charge on any atom is 0.417 e. The van der Waals surface area contributed by atoms with Crippen molar-refractivity contribution in [3.63, 3.8) is 0 Å². The summed E-state index contributed by atoms with van der Waals surface area (Å²) in [6.07, 6.45) is -12.0. The highest BCUT2D eigenvalue weighted by atomic mass is 19.4.